The van der Waals surface area contributed by atoms with E-state index in [-0.39, 0.29) is 23.7 Å². The van der Waals surface area contributed by atoms with Crippen LogP contribution in [0.4, 0.5) is 5.69 Å². The average molecular weight is 422 g/mol. The molecule has 3 nitrogen and oxygen atoms in total. The number of hydrogen-bond acceptors (Lipinski definition) is 2. The van der Waals surface area contributed by atoms with Gasteiger partial charge >= 0.3 is 0 Å². The predicted octanol–water partition coefficient (Wildman–Crippen LogP) is 5.85. The molecule has 0 radical (unpaired) electrons. The molecule has 2 aliphatic rings. The zero-order chi connectivity index (χ0) is 22.4. The molecule has 5 rings (SSSR count). The Kier molecular flexibility index (Phi) is 5.05. The molecule has 1 saturated heterocycles. The van der Waals surface area contributed by atoms with Gasteiger partial charge in [-0.05, 0) is 43.0 Å². The number of fused-ring (bicyclic) bond motifs is 1. The Balaban J connectivity index is 1.67. The van der Waals surface area contributed by atoms with Crippen LogP contribution in [0.3, 0.4) is 0 Å². The van der Waals surface area contributed by atoms with Crippen LogP contribution >= 0.6 is 0 Å². The third-order valence-electron chi connectivity index (χ3n) is 6.93. The smallest absolute Gasteiger partial charge is 0.238 e. The van der Waals surface area contributed by atoms with Crippen molar-refractivity contribution in [1.29, 1.82) is 0 Å². The molecule has 0 saturated carbocycles. The van der Waals surface area contributed by atoms with Gasteiger partial charge in [-0.1, -0.05) is 90.5 Å². The molecule has 1 aliphatic heterocycles. The molecule has 2 amide bonds. The third-order valence-corrected chi connectivity index (χ3v) is 6.93. The number of nitrogens with zero attached hydrogens (tertiary/aromatic N) is 1. The van der Waals surface area contributed by atoms with Gasteiger partial charge in [-0.25, -0.2) is 4.90 Å². The zero-order valence-corrected chi connectivity index (χ0v) is 18.7. The summed E-state index contributed by atoms with van der Waals surface area (Å²) in [5.74, 6) is -1.24. The fourth-order valence-corrected chi connectivity index (χ4v) is 5.68. The molecule has 32 heavy (non-hydrogen) atoms. The molecule has 1 fully saturated rings. The van der Waals surface area contributed by atoms with Crippen molar-refractivity contribution in [2.45, 2.75) is 32.6 Å². The van der Waals surface area contributed by atoms with Crippen molar-refractivity contribution in [3.05, 3.63) is 113 Å². The summed E-state index contributed by atoms with van der Waals surface area (Å²) in [5, 5.41) is 0. The van der Waals surface area contributed by atoms with Crippen LogP contribution < -0.4 is 4.90 Å². The van der Waals surface area contributed by atoms with E-state index in [0.717, 1.165) is 33.5 Å². The van der Waals surface area contributed by atoms with Gasteiger partial charge in [-0.15, -0.1) is 0 Å². The Hall–Kier alpha value is -3.46. The molecule has 3 aromatic rings. The van der Waals surface area contributed by atoms with Crippen molar-refractivity contribution >= 4 is 17.5 Å². The summed E-state index contributed by atoms with van der Waals surface area (Å²) in [6.45, 7) is 6.01. The molecule has 1 heterocycles. The van der Waals surface area contributed by atoms with Crippen LogP contribution in [0.25, 0.3) is 0 Å². The molecular formula is C29H27NO2. The number of benzene rings is 3. The van der Waals surface area contributed by atoms with E-state index in [4.69, 9.17) is 0 Å². The Morgan fingerprint density at radius 2 is 1.03 bits per heavy atom. The molecule has 1 aliphatic carbocycles. The van der Waals surface area contributed by atoms with Gasteiger partial charge in [0.05, 0.1) is 17.5 Å². The van der Waals surface area contributed by atoms with Crippen LogP contribution in [0.15, 0.2) is 84.9 Å². The molecule has 0 aromatic heterocycles. The maximum Gasteiger partial charge on any atom is 0.238 e. The SMILES string of the molecule is Cc1cc(C)c(N2C(=O)[C@@H]3[C@@H](C2=O)[C@H](c2ccccc2)C=C[C@@H]3c2ccccc2)c(C)c1. The molecule has 0 unspecified atom stereocenters. The largest absolute Gasteiger partial charge is 0.274 e. The monoisotopic (exact) mass is 421 g/mol. The number of anilines is 1. The molecule has 0 N–H and O–H groups in total. The highest BCUT2D eigenvalue weighted by Gasteiger charge is 2.55. The second-order valence-corrected chi connectivity index (χ2v) is 9.07. The Morgan fingerprint density at radius 3 is 1.44 bits per heavy atom. The summed E-state index contributed by atoms with van der Waals surface area (Å²) in [4.78, 5) is 29.4. The quantitative estimate of drug-likeness (QED) is 0.393. The normalized spacial score (nSPS) is 24.7. The van der Waals surface area contributed by atoms with Crippen molar-refractivity contribution in [2.24, 2.45) is 11.8 Å². The Morgan fingerprint density at radius 1 is 0.625 bits per heavy atom. The molecule has 3 heteroatoms. The second kappa shape index (κ2) is 7.90. The number of carbonyl (C=O) groups excluding carboxylic acids is 2. The predicted molar refractivity (Wildman–Crippen MR) is 128 cm³/mol. The number of carbonyl (C=O) groups is 2. The molecule has 0 spiro atoms. The van der Waals surface area contributed by atoms with Crippen molar-refractivity contribution < 1.29 is 9.59 Å². The van der Waals surface area contributed by atoms with Crippen LogP contribution in [0, 0.1) is 32.6 Å². The summed E-state index contributed by atoms with van der Waals surface area (Å²) in [5.41, 5.74) is 5.95. The van der Waals surface area contributed by atoms with Crippen LogP contribution in [0.5, 0.6) is 0 Å². The van der Waals surface area contributed by atoms with E-state index in [1.807, 2.05) is 69.3 Å². The number of allylic oxidation sites excluding steroid dienone is 2. The van der Waals surface area contributed by atoms with Crippen molar-refractivity contribution in [1.82, 2.24) is 0 Å². The van der Waals surface area contributed by atoms with Gasteiger partial charge in [0.2, 0.25) is 11.8 Å². The summed E-state index contributed by atoms with van der Waals surface area (Å²) in [6.07, 6.45) is 4.27. The first-order valence-electron chi connectivity index (χ1n) is 11.2. The minimum absolute atomic E-state index is 0.0887. The van der Waals surface area contributed by atoms with Gasteiger partial charge in [-0.3, -0.25) is 9.59 Å². The van der Waals surface area contributed by atoms with Crippen LogP contribution in [0.2, 0.25) is 0 Å². The lowest BCUT2D eigenvalue weighted by atomic mass is 9.68. The van der Waals surface area contributed by atoms with E-state index < -0.39 is 11.8 Å². The highest BCUT2D eigenvalue weighted by Crippen LogP contribution is 2.50. The van der Waals surface area contributed by atoms with Crippen molar-refractivity contribution in [2.75, 3.05) is 4.90 Å². The van der Waals surface area contributed by atoms with Crippen LogP contribution in [-0.4, -0.2) is 11.8 Å². The number of rotatable bonds is 3. The number of aryl methyl sites for hydroxylation is 3. The third kappa shape index (κ3) is 3.20. The van der Waals surface area contributed by atoms with Gasteiger partial charge in [0.1, 0.15) is 0 Å². The lowest BCUT2D eigenvalue weighted by Gasteiger charge is -2.32. The summed E-state index contributed by atoms with van der Waals surface area (Å²) >= 11 is 0. The second-order valence-electron chi connectivity index (χ2n) is 9.07. The minimum atomic E-state index is -0.416. The fourth-order valence-electron chi connectivity index (χ4n) is 5.68. The summed E-state index contributed by atoms with van der Waals surface area (Å²) in [6, 6.07) is 24.2. The van der Waals surface area contributed by atoms with Crippen LogP contribution in [-0.2, 0) is 9.59 Å². The van der Waals surface area contributed by atoms with Gasteiger partial charge in [0.15, 0.2) is 0 Å². The topological polar surface area (TPSA) is 37.4 Å². The van der Waals surface area contributed by atoms with E-state index in [9.17, 15) is 9.59 Å². The zero-order valence-electron chi connectivity index (χ0n) is 18.7. The van der Waals surface area contributed by atoms with Gasteiger partial charge in [-0.2, -0.15) is 0 Å². The lowest BCUT2D eigenvalue weighted by molar-refractivity contribution is -0.122. The first-order chi connectivity index (χ1) is 15.5. The molecule has 3 aromatic carbocycles. The van der Waals surface area contributed by atoms with Crippen molar-refractivity contribution in [3.8, 4) is 0 Å². The summed E-state index contributed by atoms with van der Waals surface area (Å²) in [7, 11) is 0. The number of imide groups is 1. The van der Waals surface area contributed by atoms with Crippen LogP contribution in [0.1, 0.15) is 39.7 Å². The Labute approximate surface area is 189 Å². The van der Waals surface area contributed by atoms with E-state index in [1.54, 1.807) is 0 Å². The van der Waals surface area contributed by atoms with E-state index in [2.05, 4.69) is 36.4 Å². The lowest BCUT2D eigenvalue weighted by Crippen LogP contribution is -2.33. The van der Waals surface area contributed by atoms with E-state index in [1.165, 1.54) is 4.90 Å². The van der Waals surface area contributed by atoms with Gasteiger partial charge in [0, 0.05) is 11.8 Å². The molecule has 160 valence electrons. The molecule has 0 bridgehead atoms. The molecule has 4 atom stereocenters. The van der Waals surface area contributed by atoms with E-state index >= 15 is 0 Å². The summed E-state index contributed by atoms with van der Waals surface area (Å²) < 4.78 is 0. The Bertz CT molecular complexity index is 1120. The standard InChI is InChI=1S/C29H27NO2/c1-18-16-19(2)27(20(3)17-18)30-28(31)25-23(21-10-6-4-7-11-21)14-15-24(26(25)29(30)32)22-12-8-5-9-13-22/h4-17,23-26H,1-3H3/t23-,24+,25-,26-/m0/s1. The molecular weight excluding hydrogens is 394 g/mol. The first kappa shape index (κ1) is 20.4. The van der Waals surface area contributed by atoms with Gasteiger partial charge < -0.3 is 0 Å². The number of hydrogen-bond donors (Lipinski definition) is 0. The fraction of sp³-hybridized carbons (Fsp3) is 0.241. The maximum atomic E-state index is 14.0. The maximum absolute atomic E-state index is 14.0. The van der Waals surface area contributed by atoms with Crippen molar-refractivity contribution in [3.63, 3.8) is 0 Å². The first-order valence-corrected chi connectivity index (χ1v) is 11.2. The minimum Gasteiger partial charge on any atom is -0.274 e. The average Bonchev–Trinajstić information content (AvgIpc) is 3.05. The van der Waals surface area contributed by atoms with E-state index in [0.29, 0.717) is 0 Å². The highest BCUT2D eigenvalue weighted by atomic mass is 16.2. The number of amides is 2. The van der Waals surface area contributed by atoms with Gasteiger partial charge in [0.25, 0.3) is 0 Å². The highest BCUT2D eigenvalue weighted by molar-refractivity contribution is 6.23.